The van der Waals surface area contributed by atoms with Gasteiger partial charge in [0.1, 0.15) is 30.6 Å². The molecule has 0 spiro atoms. The number of hydrogen-bond acceptors (Lipinski definition) is 5. The van der Waals surface area contributed by atoms with E-state index in [1.807, 2.05) is 12.1 Å². The summed E-state index contributed by atoms with van der Waals surface area (Å²) in [5.74, 6) is 1.17. The molecule has 0 unspecified atom stereocenters. The Balaban J connectivity index is 1.87. The van der Waals surface area contributed by atoms with Crippen molar-refractivity contribution in [3.8, 4) is 23.3 Å². The molecule has 0 aliphatic carbocycles. The number of hydrogen-bond donors (Lipinski definition) is 1. The van der Waals surface area contributed by atoms with Crippen LogP contribution in [-0.2, 0) is 4.79 Å². The minimum Gasteiger partial charge on any atom is -0.495 e. The topological polar surface area (TPSA) is 80.6 Å². The highest BCUT2D eigenvalue weighted by Crippen LogP contribution is 2.35. The van der Waals surface area contributed by atoms with Crippen LogP contribution in [0.5, 0.6) is 17.2 Å². The third-order valence-electron chi connectivity index (χ3n) is 3.71. The lowest BCUT2D eigenvalue weighted by atomic mass is 10.1. The molecule has 1 aliphatic heterocycles. The maximum Gasteiger partial charge on any atom is 0.266 e. The number of nitrogens with zero attached hydrogens (tertiary/aromatic N) is 1. The number of carbonyl (C=O) groups is 1. The van der Waals surface area contributed by atoms with Crippen LogP contribution < -0.4 is 19.5 Å². The van der Waals surface area contributed by atoms with Crippen LogP contribution in [0.2, 0.25) is 0 Å². The summed E-state index contributed by atoms with van der Waals surface area (Å²) in [6.45, 7) is 0.940. The quantitative estimate of drug-likeness (QED) is 0.499. The van der Waals surface area contributed by atoms with Gasteiger partial charge in [0.15, 0.2) is 11.5 Å². The Morgan fingerprint density at radius 1 is 1.22 bits per heavy atom. The first-order valence-electron chi connectivity index (χ1n) is 7.87. The minimum absolute atomic E-state index is 0.0619. The highest BCUT2D eigenvalue weighted by Gasteiger charge is 2.16. The Hall–Kier alpha value is -2.50. The van der Waals surface area contributed by atoms with E-state index in [0.717, 1.165) is 4.47 Å². The molecule has 0 aromatic heterocycles. The number of fused-ring (bicyclic) bond motifs is 1. The second-order valence-electron chi connectivity index (χ2n) is 5.49. The lowest BCUT2D eigenvalue weighted by Crippen LogP contribution is -2.17. The maximum absolute atomic E-state index is 12.5. The Labute approximate surface area is 173 Å². The number of carbonyl (C=O) groups excluding carboxylic acids is 1. The first-order chi connectivity index (χ1) is 13.0. The molecule has 1 amide bonds. The standard InChI is InChI=1S/C19H14Br2N2O4/c1-25-18-11(7-13(20)8-15(18)21)6-12(10-22)19(24)23-14-2-3-16-17(9-14)27-5-4-26-16/h2-3,6-9H,4-5H2,1H3,(H,23,24)/b12-6+. The van der Waals surface area contributed by atoms with Crippen LogP contribution in [0.4, 0.5) is 5.69 Å². The Morgan fingerprint density at radius 2 is 1.96 bits per heavy atom. The van der Waals surface area contributed by atoms with Crippen LogP contribution in [0, 0.1) is 11.3 Å². The third kappa shape index (κ3) is 4.43. The van der Waals surface area contributed by atoms with Crippen molar-refractivity contribution in [1.82, 2.24) is 0 Å². The number of halogens is 2. The minimum atomic E-state index is -0.535. The van der Waals surface area contributed by atoms with Crippen LogP contribution in [0.25, 0.3) is 6.08 Å². The first kappa shape index (κ1) is 19.3. The Kier molecular flexibility index (Phi) is 6.04. The van der Waals surface area contributed by atoms with Gasteiger partial charge in [-0.15, -0.1) is 0 Å². The zero-order valence-corrected chi connectivity index (χ0v) is 17.4. The molecule has 0 saturated heterocycles. The Morgan fingerprint density at radius 3 is 2.67 bits per heavy atom. The van der Waals surface area contributed by atoms with Gasteiger partial charge >= 0.3 is 0 Å². The number of amides is 1. The van der Waals surface area contributed by atoms with E-state index in [-0.39, 0.29) is 5.57 Å². The summed E-state index contributed by atoms with van der Waals surface area (Å²) in [6.07, 6.45) is 1.47. The monoisotopic (exact) mass is 492 g/mol. The van der Waals surface area contributed by atoms with E-state index in [1.54, 1.807) is 24.3 Å². The molecule has 1 heterocycles. The molecule has 0 radical (unpaired) electrons. The molecular formula is C19H14Br2N2O4. The van der Waals surface area contributed by atoms with E-state index in [0.29, 0.717) is 46.2 Å². The van der Waals surface area contributed by atoms with Crippen LogP contribution in [0.15, 0.2) is 44.9 Å². The van der Waals surface area contributed by atoms with Gasteiger partial charge in [0, 0.05) is 21.8 Å². The van der Waals surface area contributed by atoms with Crippen molar-refractivity contribution in [3.63, 3.8) is 0 Å². The van der Waals surface area contributed by atoms with E-state index in [9.17, 15) is 10.1 Å². The van der Waals surface area contributed by atoms with Crippen molar-refractivity contribution in [2.75, 3.05) is 25.6 Å². The van der Waals surface area contributed by atoms with Gasteiger partial charge in [-0.3, -0.25) is 4.79 Å². The number of anilines is 1. The van der Waals surface area contributed by atoms with Gasteiger partial charge in [-0.05, 0) is 46.3 Å². The van der Waals surface area contributed by atoms with E-state index >= 15 is 0 Å². The van der Waals surface area contributed by atoms with E-state index in [4.69, 9.17) is 14.2 Å². The number of benzene rings is 2. The van der Waals surface area contributed by atoms with Crippen molar-refractivity contribution < 1.29 is 19.0 Å². The molecule has 0 saturated carbocycles. The molecule has 0 fully saturated rings. The van der Waals surface area contributed by atoms with Crippen LogP contribution in [0.1, 0.15) is 5.56 Å². The number of rotatable bonds is 4. The Bertz CT molecular complexity index is 967. The molecule has 27 heavy (non-hydrogen) atoms. The molecule has 1 aliphatic rings. The number of ether oxygens (including phenoxy) is 3. The number of methoxy groups -OCH3 is 1. The molecule has 0 atom stereocenters. The summed E-state index contributed by atoms with van der Waals surface area (Å²) in [6, 6.07) is 10.6. The lowest BCUT2D eigenvalue weighted by Gasteiger charge is -2.19. The van der Waals surface area contributed by atoms with Gasteiger partial charge in [0.2, 0.25) is 0 Å². The fraction of sp³-hybridized carbons (Fsp3) is 0.158. The number of nitriles is 1. The smallest absolute Gasteiger partial charge is 0.266 e. The predicted molar refractivity (Wildman–Crippen MR) is 108 cm³/mol. The fourth-order valence-corrected chi connectivity index (χ4v) is 3.95. The molecule has 2 aromatic carbocycles. The summed E-state index contributed by atoms with van der Waals surface area (Å²) in [5, 5.41) is 12.1. The first-order valence-corrected chi connectivity index (χ1v) is 9.46. The fourth-order valence-electron chi connectivity index (χ4n) is 2.53. The summed E-state index contributed by atoms with van der Waals surface area (Å²) in [4.78, 5) is 12.5. The van der Waals surface area contributed by atoms with Crippen molar-refractivity contribution in [2.24, 2.45) is 0 Å². The summed E-state index contributed by atoms with van der Waals surface area (Å²) < 4.78 is 17.8. The van der Waals surface area contributed by atoms with E-state index < -0.39 is 5.91 Å². The molecule has 3 rings (SSSR count). The van der Waals surface area contributed by atoms with Crippen molar-refractivity contribution in [3.05, 3.63) is 50.4 Å². The van der Waals surface area contributed by atoms with Crippen molar-refractivity contribution >= 4 is 49.5 Å². The molecule has 2 aromatic rings. The van der Waals surface area contributed by atoms with Crippen LogP contribution in [-0.4, -0.2) is 26.2 Å². The number of nitrogens with one attached hydrogen (secondary N) is 1. The van der Waals surface area contributed by atoms with Gasteiger partial charge in [0.05, 0.1) is 11.6 Å². The van der Waals surface area contributed by atoms with Crippen molar-refractivity contribution in [2.45, 2.75) is 0 Å². The summed E-state index contributed by atoms with van der Waals surface area (Å²) in [7, 11) is 1.52. The third-order valence-corrected chi connectivity index (χ3v) is 4.75. The lowest BCUT2D eigenvalue weighted by molar-refractivity contribution is -0.112. The van der Waals surface area contributed by atoms with E-state index in [1.165, 1.54) is 13.2 Å². The van der Waals surface area contributed by atoms with Gasteiger partial charge in [0.25, 0.3) is 5.91 Å². The van der Waals surface area contributed by atoms with Gasteiger partial charge in [-0.25, -0.2) is 0 Å². The molecule has 6 nitrogen and oxygen atoms in total. The molecule has 1 N–H and O–H groups in total. The average Bonchev–Trinajstić information content (AvgIpc) is 2.65. The second kappa shape index (κ2) is 8.46. The summed E-state index contributed by atoms with van der Waals surface area (Å²) in [5.41, 5.74) is 1.04. The molecule has 8 heteroatoms. The van der Waals surface area contributed by atoms with Gasteiger partial charge in [-0.1, -0.05) is 15.9 Å². The molecule has 138 valence electrons. The molecule has 0 bridgehead atoms. The van der Waals surface area contributed by atoms with E-state index in [2.05, 4.69) is 37.2 Å². The van der Waals surface area contributed by atoms with Crippen LogP contribution in [0.3, 0.4) is 0 Å². The average molecular weight is 494 g/mol. The highest BCUT2D eigenvalue weighted by atomic mass is 79.9. The SMILES string of the molecule is COc1c(Br)cc(Br)cc1/C=C(\C#N)C(=O)Nc1ccc2c(c1)OCCO2. The zero-order chi connectivity index (χ0) is 19.4. The van der Waals surface area contributed by atoms with Crippen molar-refractivity contribution in [1.29, 1.82) is 5.26 Å². The van der Waals surface area contributed by atoms with Gasteiger partial charge < -0.3 is 19.5 Å². The zero-order valence-electron chi connectivity index (χ0n) is 14.2. The summed E-state index contributed by atoms with van der Waals surface area (Å²) >= 11 is 6.79. The molecular weight excluding hydrogens is 480 g/mol. The second-order valence-corrected chi connectivity index (χ2v) is 7.26. The maximum atomic E-state index is 12.5. The highest BCUT2D eigenvalue weighted by molar-refractivity contribution is 9.11. The van der Waals surface area contributed by atoms with Crippen LogP contribution >= 0.6 is 31.9 Å². The normalized spacial score (nSPS) is 12.9. The van der Waals surface area contributed by atoms with Gasteiger partial charge in [-0.2, -0.15) is 5.26 Å². The largest absolute Gasteiger partial charge is 0.495 e. The predicted octanol–water partition coefficient (Wildman–Crippen LogP) is 4.54.